The number of benzene rings is 1. The van der Waals surface area contributed by atoms with Crippen LogP contribution in [0.5, 0.6) is 0 Å². The van der Waals surface area contributed by atoms with E-state index in [-0.39, 0.29) is 5.69 Å². The van der Waals surface area contributed by atoms with Crippen LogP contribution < -0.4 is 10.0 Å². The molecule has 1 fully saturated rings. The summed E-state index contributed by atoms with van der Waals surface area (Å²) >= 11 is 0. The number of alkyl halides is 3. The van der Waals surface area contributed by atoms with Crippen LogP contribution in [0.3, 0.4) is 0 Å². The number of primary sulfonamides is 1. The Morgan fingerprint density at radius 1 is 1.30 bits per heavy atom. The molecule has 130 valence electrons. The van der Waals surface area contributed by atoms with Gasteiger partial charge in [0.1, 0.15) is 0 Å². The molecule has 0 atom stereocenters. The minimum absolute atomic E-state index is 0.0132. The molecule has 2 N–H and O–H groups in total. The Hall–Kier alpha value is -1.32. The van der Waals surface area contributed by atoms with Crippen molar-refractivity contribution in [1.29, 1.82) is 0 Å². The molecule has 1 heterocycles. The third-order valence-corrected chi connectivity index (χ3v) is 4.87. The van der Waals surface area contributed by atoms with Crippen LogP contribution >= 0.6 is 0 Å². The molecule has 5 nitrogen and oxygen atoms in total. The summed E-state index contributed by atoms with van der Waals surface area (Å²) in [4.78, 5) is 1.09. The largest absolute Gasteiger partial charge is 0.418 e. The second-order valence-corrected chi connectivity index (χ2v) is 7.17. The number of rotatable bonds is 4. The summed E-state index contributed by atoms with van der Waals surface area (Å²) in [6, 6.07) is 2.90. The Balaban J connectivity index is 2.32. The van der Waals surface area contributed by atoms with Crippen LogP contribution in [-0.4, -0.2) is 35.2 Å². The van der Waals surface area contributed by atoms with Crippen LogP contribution in [0.1, 0.15) is 18.4 Å². The topological polar surface area (TPSA) is 72.6 Å². The van der Waals surface area contributed by atoms with Crippen molar-refractivity contribution < 1.29 is 26.3 Å². The second kappa shape index (κ2) is 6.66. The van der Waals surface area contributed by atoms with Gasteiger partial charge in [0.25, 0.3) is 0 Å². The van der Waals surface area contributed by atoms with E-state index in [9.17, 15) is 21.6 Å². The zero-order valence-corrected chi connectivity index (χ0v) is 13.5. The number of ether oxygens (including phenoxy) is 1. The minimum Gasteiger partial charge on any atom is -0.384 e. The van der Waals surface area contributed by atoms with Gasteiger partial charge >= 0.3 is 6.18 Å². The zero-order chi connectivity index (χ0) is 17.3. The first-order valence-corrected chi connectivity index (χ1v) is 8.65. The van der Waals surface area contributed by atoms with Crippen molar-refractivity contribution in [3.63, 3.8) is 0 Å². The maximum Gasteiger partial charge on any atom is 0.418 e. The fourth-order valence-corrected chi connectivity index (χ4v) is 3.31. The smallest absolute Gasteiger partial charge is 0.384 e. The highest BCUT2D eigenvalue weighted by atomic mass is 32.2. The lowest BCUT2D eigenvalue weighted by Crippen LogP contribution is -2.36. The van der Waals surface area contributed by atoms with E-state index in [1.807, 2.05) is 0 Å². The van der Waals surface area contributed by atoms with Crippen LogP contribution in [0.15, 0.2) is 23.1 Å². The van der Waals surface area contributed by atoms with Crippen LogP contribution in [0.25, 0.3) is 0 Å². The molecular weight excluding hydrogens is 333 g/mol. The third kappa shape index (κ3) is 4.36. The van der Waals surface area contributed by atoms with Gasteiger partial charge in [-0.05, 0) is 37.0 Å². The molecule has 1 aliphatic heterocycles. The van der Waals surface area contributed by atoms with Crippen molar-refractivity contribution in [1.82, 2.24) is 0 Å². The highest BCUT2D eigenvalue weighted by Crippen LogP contribution is 2.39. The summed E-state index contributed by atoms with van der Waals surface area (Å²) in [7, 11) is -2.59. The quantitative estimate of drug-likeness (QED) is 0.902. The van der Waals surface area contributed by atoms with Crippen LogP contribution in [0.4, 0.5) is 18.9 Å². The fraction of sp³-hybridized carbons (Fsp3) is 0.571. The van der Waals surface area contributed by atoms with Crippen molar-refractivity contribution in [3.05, 3.63) is 23.8 Å². The molecule has 0 spiro atoms. The normalized spacial score (nSPS) is 17.5. The number of sulfonamides is 1. The molecule has 1 saturated heterocycles. The summed E-state index contributed by atoms with van der Waals surface area (Å²) in [5.74, 6) is 0.328. The molecule has 1 aromatic rings. The molecule has 0 aromatic heterocycles. The van der Waals surface area contributed by atoms with Gasteiger partial charge in [0, 0.05) is 32.5 Å². The standard InChI is InChI=1S/C14H19F3N2O3S/c1-22-9-10-4-6-19(7-5-10)13-3-2-11(23(18,20)21)8-12(13)14(15,16)17/h2-3,8,10H,4-7,9H2,1H3,(H2,18,20,21). The highest BCUT2D eigenvalue weighted by molar-refractivity contribution is 7.89. The van der Waals surface area contributed by atoms with Crippen molar-refractivity contribution in [3.8, 4) is 0 Å². The number of halogens is 3. The van der Waals surface area contributed by atoms with E-state index in [4.69, 9.17) is 9.88 Å². The molecule has 23 heavy (non-hydrogen) atoms. The average Bonchev–Trinajstić information content (AvgIpc) is 2.46. The lowest BCUT2D eigenvalue weighted by atomic mass is 9.96. The predicted octanol–water partition coefficient (Wildman–Crippen LogP) is 2.22. The van der Waals surface area contributed by atoms with Gasteiger partial charge in [-0.15, -0.1) is 0 Å². The Bertz CT molecular complexity index is 654. The molecule has 0 amide bonds. The molecule has 0 unspecified atom stereocenters. The molecular formula is C14H19F3N2O3S. The van der Waals surface area contributed by atoms with Crippen LogP contribution in [-0.2, 0) is 20.9 Å². The van der Waals surface area contributed by atoms with Crippen molar-refractivity contribution in [2.24, 2.45) is 11.1 Å². The maximum atomic E-state index is 13.3. The molecule has 2 rings (SSSR count). The Labute approximate surface area is 133 Å². The number of nitrogens with two attached hydrogens (primary N) is 1. The average molecular weight is 352 g/mol. The van der Waals surface area contributed by atoms with Gasteiger partial charge in [-0.3, -0.25) is 0 Å². The van der Waals surface area contributed by atoms with E-state index in [0.717, 1.165) is 18.9 Å². The lowest BCUT2D eigenvalue weighted by Gasteiger charge is -2.34. The van der Waals surface area contributed by atoms with E-state index in [1.54, 1.807) is 12.0 Å². The second-order valence-electron chi connectivity index (χ2n) is 5.61. The molecule has 1 aromatic carbocycles. The van der Waals surface area contributed by atoms with Gasteiger partial charge in [-0.1, -0.05) is 0 Å². The monoisotopic (exact) mass is 352 g/mol. The third-order valence-electron chi connectivity index (χ3n) is 3.96. The van der Waals surface area contributed by atoms with Gasteiger partial charge in [-0.2, -0.15) is 13.2 Å². The van der Waals surface area contributed by atoms with Gasteiger partial charge in [0.15, 0.2) is 0 Å². The van der Waals surface area contributed by atoms with E-state index in [0.29, 0.717) is 31.7 Å². The highest BCUT2D eigenvalue weighted by Gasteiger charge is 2.36. The SMILES string of the molecule is COCC1CCN(c2ccc(S(N)(=O)=O)cc2C(F)(F)F)CC1. The summed E-state index contributed by atoms with van der Waals surface area (Å²) in [5, 5.41) is 4.93. The number of anilines is 1. The van der Waals surface area contributed by atoms with Gasteiger partial charge in [-0.25, -0.2) is 13.6 Å². The number of piperidine rings is 1. The first kappa shape index (κ1) is 18.0. The number of methoxy groups -OCH3 is 1. The van der Waals surface area contributed by atoms with Gasteiger partial charge < -0.3 is 9.64 Å². The van der Waals surface area contributed by atoms with Crippen molar-refractivity contribution in [2.75, 3.05) is 31.7 Å². The van der Waals surface area contributed by atoms with E-state index >= 15 is 0 Å². The molecule has 0 bridgehead atoms. The predicted molar refractivity (Wildman–Crippen MR) is 79.6 cm³/mol. The van der Waals surface area contributed by atoms with Gasteiger partial charge in [0.2, 0.25) is 10.0 Å². The summed E-state index contributed by atoms with van der Waals surface area (Å²) in [5.41, 5.74) is -0.991. The molecule has 0 radical (unpaired) electrons. The Kier molecular flexibility index (Phi) is 5.22. The number of hydrogen-bond acceptors (Lipinski definition) is 4. The Morgan fingerprint density at radius 2 is 1.91 bits per heavy atom. The first-order valence-electron chi connectivity index (χ1n) is 7.11. The molecule has 0 aliphatic carbocycles. The summed E-state index contributed by atoms with van der Waals surface area (Å²) < 4.78 is 67.5. The Morgan fingerprint density at radius 3 is 2.39 bits per heavy atom. The minimum atomic E-state index is -4.65. The number of nitrogens with zero attached hydrogens (tertiary/aromatic N) is 1. The first-order chi connectivity index (χ1) is 10.6. The van der Waals surface area contributed by atoms with Crippen LogP contribution in [0, 0.1) is 5.92 Å². The van der Waals surface area contributed by atoms with E-state index < -0.39 is 26.7 Å². The summed E-state index contributed by atoms with van der Waals surface area (Å²) in [6.45, 7) is 1.52. The van der Waals surface area contributed by atoms with Crippen molar-refractivity contribution >= 4 is 15.7 Å². The molecule has 9 heteroatoms. The van der Waals surface area contributed by atoms with Crippen LogP contribution in [0.2, 0.25) is 0 Å². The zero-order valence-electron chi connectivity index (χ0n) is 12.6. The fourth-order valence-electron chi connectivity index (χ4n) is 2.77. The van der Waals surface area contributed by atoms with Gasteiger partial charge in [0.05, 0.1) is 10.5 Å². The molecule has 1 aliphatic rings. The van der Waals surface area contributed by atoms with Crippen molar-refractivity contribution in [2.45, 2.75) is 23.9 Å². The van der Waals surface area contributed by atoms with E-state index in [1.165, 1.54) is 6.07 Å². The maximum absolute atomic E-state index is 13.3. The molecule has 0 saturated carbocycles. The lowest BCUT2D eigenvalue weighted by molar-refractivity contribution is -0.137. The summed E-state index contributed by atoms with van der Waals surface area (Å²) in [6.07, 6.45) is -3.20. The number of hydrogen-bond donors (Lipinski definition) is 1. The van der Waals surface area contributed by atoms with E-state index in [2.05, 4.69) is 0 Å².